The van der Waals surface area contributed by atoms with E-state index in [9.17, 15) is 9.59 Å². The summed E-state index contributed by atoms with van der Waals surface area (Å²) in [5.41, 5.74) is 0.588. The molecule has 0 bridgehead atoms. The van der Waals surface area contributed by atoms with E-state index in [4.69, 9.17) is 16.3 Å². The molecule has 1 N–H and O–H groups in total. The summed E-state index contributed by atoms with van der Waals surface area (Å²) in [5.74, 6) is 0.278. The lowest BCUT2D eigenvalue weighted by Gasteiger charge is -2.34. The lowest BCUT2D eigenvalue weighted by Crippen LogP contribution is -2.49. The van der Waals surface area contributed by atoms with Crippen molar-refractivity contribution < 1.29 is 14.3 Å². The van der Waals surface area contributed by atoms with Crippen molar-refractivity contribution >= 4 is 40.4 Å². The average molecular weight is 379 g/mol. The zero-order valence-corrected chi connectivity index (χ0v) is 15.4. The maximum Gasteiger partial charge on any atom is 0.264 e. The van der Waals surface area contributed by atoms with E-state index in [2.05, 4.69) is 5.32 Å². The first-order valence-corrected chi connectivity index (χ1v) is 9.35. The van der Waals surface area contributed by atoms with Gasteiger partial charge in [0.05, 0.1) is 17.0 Å². The van der Waals surface area contributed by atoms with Crippen molar-refractivity contribution in [2.75, 3.05) is 19.0 Å². The van der Waals surface area contributed by atoms with E-state index < -0.39 is 6.04 Å². The van der Waals surface area contributed by atoms with E-state index in [1.165, 1.54) is 18.4 Å². The highest BCUT2D eigenvalue weighted by molar-refractivity contribution is 7.12. The van der Waals surface area contributed by atoms with E-state index in [1.807, 2.05) is 11.4 Å². The molecular formula is C18H19ClN2O3S. The summed E-state index contributed by atoms with van der Waals surface area (Å²) >= 11 is 7.50. The number of piperidine rings is 1. The number of carbonyl (C=O) groups is 2. The van der Waals surface area contributed by atoms with Crippen molar-refractivity contribution in [3.8, 4) is 5.75 Å². The van der Waals surface area contributed by atoms with Gasteiger partial charge in [0, 0.05) is 12.2 Å². The lowest BCUT2D eigenvalue weighted by molar-refractivity contribution is -0.121. The Morgan fingerprint density at radius 3 is 2.84 bits per heavy atom. The number of nitrogens with one attached hydrogen (secondary N) is 1. The maximum absolute atomic E-state index is 12.7. The van der Waals surface area contributed by atoms with Crippen molar-refractivity contribution in [2.24, 2.45) is 0 Å². The van der Waals surface area contributed by atoms with Crippen LogP contribution in [0.1, 0.15) is 28.9 Å². The Morgan fingerprint density at radius 2 is 2.16 bits per heavy atom. The van der Waals surface area contributed by atoms with Gasteiger partial charge < -0.3 is 15.0 Å². The molecule has 2 aromatic rings. The number of hydrogen-bond acceptors (Lipinski definition) is 4. The van der Waals surface area contributed by atoms with Crippen LogP contribution in [0.4, 0.5) is 5.69 Å². The smallest absolute Gasteiger partial charge is 0.264 e. The number of halogens is 1. The molecule has 1 saturated heterocycles. The molecule has 1 aromatic carbocycles. The van der Waals surface area contributed by atoms with Crippen LogP contribution < -0.4 is 10.1 Å². The number of amides is 2. The van der Waals surface area contributed by atoms with Gasteiger partial charge in [0.1, 0.15) is 11.8 Å². The maximum atomic E-state index is 12.7. The van der Waals surface area contributed by atoms with Gasteiger partial charge in [0.2, 0.25) is 5.91 Å². The Hall–Kier alpha value is -2.05. The standard InChI is InChI=1S/C18H19ClN2O3S/c1-24-15-8-7-12(11-13(15)19)20-17(22)14-5-2-3-9-21(14)18(23)16-6-4-10-25-16/h4,6-8,10-11,14H,2-3,5,9H2,1H3,(H,20,22)/t14-/m0/s1. The van der Waals surface area contributed by atoms with Gasteiger partial charge in [-0.05, 0) is 48.9 Å². The van der Waals surface area contributed by atoms with Gasteiger partial charge in [-0.3, -0.25) is 9.59 Å². The van der Waals surface area contributed by atoms with E-state index in [-0.39, 0.29) is 11.8 Å². The number of benzene rings is 1. The number of hydrogen-bond donors (Lipinski definition) is 1. The molecule has 2 amide bonds. The van der Waals surface area contributed by atoms with Crippen molar-refractivity contribution in [1.82, 2.24) is 4.90 Å². The van der Waals surface area contributed by atoms with Gasteiger partial charge in [-0.25, -0.2) is 0 Å². The number of likely N-dealkylation sites (tertiary alicyclic amines) is 1. The number of thiophene rings is 1. The third-order valence-corrected chi connectivity index (χ3v) is 5.37. The molecule has 25 heavy (non-hydrogen) atoms. The summed E-state index contributed by atoms with van der Waals surface area (Å²) in [6.07, 6.45) is 2.50. The van der Waals surface area contributed by atoms with Crippen LogP contribution in [-0.4, -0.2) is 36.4 Å². The number of anilines is 1. The van der Waals surface area contributed by atoms with Crippen molar-refractivity contribution in [1.29, 1.82) is 0 Å². The fourth-order valence-electron chi connectivity index (χ4n) is 2.96. The van der Waals surface area contributed by atoms with Gasteiger partial charge in [0.25, 0.3) is 5.91 Å². The Bertz CT molecular complexity index is 764. The fourth-order valence-corrected chi connectivity index (χ4v) is 3.90. The largest absolute Gasteiger partial charge is 0.495 e. The van der Waals surface area contributed by atoms with E-state index in [0.717, 1.165) is 12.8 Å². The molecule has 0 saturated carbocycles. The number of ether oxygens (including phenoxy) is 1. The molecule has 132 valence electrons. The molecule has 1 aliphatic rings. The van der Waals surface area contributed by atoms with Crippen LogP contribution in [0.15, 0.2) is 35.7 Å². The van der Waals surface area contributed by atoms with Crippen LogP contribution in [0.3, 0.4) is 0 Å². The van der Waals surface area contributed by atoms with Crippen LogP contribution >= 0.6 is 22.9 Å². The highest BCUT2D eigenvalue weighted by Gasteiger charge is 2.33. The van der Waals surface area contributed by atoms with Crippen LogP contribution in [0, 0.1) is 0 Å². The molecule has 0 radical (unpaired) electrons. The monoisotopic (exact) mass is 378 g/mol. The van der Waals surface area contributed by atoms with Crippen molar-refractivity contribution in [3.63, 3.8) is 0 Å². The SMILES string of the molecule is COc1ccc(NC(=O)[C@@H]2CCCCN2C(=O)c2cccs2)cc1Cl. The van der Waals surface area contributed by atoms with Crippen molar-refractivity contribution in [3.05, 3.63) is 45.6 Å². The molecule has 2 heterocycles. The van der Waals surface area contributed by atoms with E-state index in [1.54, 1.807) is 29.2 Å². The number of rotatable bonds is 4. The summed E-state index contributed by atoms with van der Waals surface area (Å²) in [6.45, 7) is 0.595. The number of nitrogens with zero attached hydrogens (tertiary/aromatic N) is 1. The highest BCUT2D eigenvalue weighted by atomic mass is 35.5. The Balaban J connectivity index is 1.74. The second-order valence-corrected chi connectivity index (χ2v) is 7.18. The summed E-state index contributed by atoms with van der Waals surface area (Å²) in [6, 6.07) is 8.25. The van der Waals surface area contributed by atoms with Gasteiger partial charge >= 0.3 is 0 Å². The van der Waals surface area contributed by atoms with Gasteiger partial charge in [-0.15, -0.1) is 11.3 Å². The first-order valence-electron chi connectivity index (χ1n) is 8.09. The van der Waals surface area contributed by atoms with Crippen molar-refractivity contribution in [2.45, 2.75) is 25.3 Å². The minimum absolute atomic E-state index is 0.0809. The fraction of sp³-hybridized carbons (Fsp3) is 0.333. The summed E-state index contributed by atoms with van der Waals surface area (Å²) in [7, 11) is 1.54. The zero-order chi connectivity index (χ0) is 17.8. The third-order valence-electron chi connectivity index (χ3n) is 4.22. The van der Waals surface area contributed by atoms with Crippen LogP contribution in [-0.2, 0) is 4.79 Å². The Labute approximate surface area is 155 Å². The normalized spacial score (nSPS) is 17.2. The highest BCUT2D eigenvalue weighted by Crippen LogP contribution is 2.28. The second-order valence-electron chi connectivity index (χ2n) is 5.83. The summed E-state index contributed by atoms with van der Waals surface area (Å²) < 4.78 is 5.11. The van der Waals surface area contributed by atoms with Gasteiger partial charge in [0.15, 0.2) is 0 Å². The molecule has 0 aliphatic carbocycles. The molecular weight excluding hydrogens is 360 g/mol. The first-order chi connectivity index (χ1) is 12.1. The van der Waals surface area contributed by atoms with Crippen LogP contribution in [0.5, 0.6) is 5.75 Å². The molecule has 1 aromatic heterocycles. The van der Waals surface area contributed by atoms with Crippen LogP contribution in [0.25, 0.3) is 0 Å². The number of methoxy groups -OCH3 is 1. The van der Waals surface area contributed by atoms with Gasteiger partial charge in [-0.2, -0.15) is 0 Å². The quantitative estimate of drug-likeness (QED) is 0.873. The Kier molecular flexibility index (Phi) is 5.60. The minimum atomic E-state index is -0.468. The minimum Gasteiger partial charge on any atom is -0.495 e. The molecule has 0 spiro atoms. The molecule has 5 nitrogen and oxygen atoms in total. The first kappa shape index (κ1) is 17.8. The molecule has 7 heteroatoms. The predicted molar refractivity (Wildman–Crippen MR) is 99.6 cm³/mol. The Morgan fingerprint density at radius 1 is 1.32 bits per heavy atom. The van der Waals surface area contributed by atoms with Crippen LogP contribution in [0.2, 0.25) is 5.02 Å². The van der Waals surface area contributed by atoms with Gasteiger partial charge in [-0.1, -0.05) is 17.7 Å². The molecule has 1 atom stereocenters. The molecule has 0 unspecified atom stereocenters. The van der Waals surface area contributed by atoms with E-state index in [0.29, 0.717) is 34.3 Å². The molecule has 1 fully saturated rings. The lowest BCUT2D eigenvalue weighted by atomic mass is 10.0. The average Bonchev–Trinajstić information content (AvgIpc) is 3.16. The summed E-state index contributed by atoms with van der Waals surface area (Å²) in [5, 5.41) is 5.16. The number of carbonyl (C=O) groups excluding carboxylic acids is 2. The second kappa shape index (κ2) is 7.89. The molecule has 3 rings (SSSR count). The molecule has 1 aliphatic heterocycles. The predicted octanol–water partition coefficient (Wildman–Crippen LogP) is 4.04. The topological polar surface area (TPSA) is 58.6 Å². The summed E-state index contributed by atoms with van der Waals surface area (Å²) in [4.78, 5) is 27.8. The third kappa shape index (κ3) is 3.96. The van der Waals surface area contributed by atoms with E-state index >= 15 is 0 Å². The zero-order valence-electron chi connectivity index (χ0n) is 13.8.